The molecule has 0 amide bonds. The third-order valence-corrected chi connectivity index (χ3v) is 3.63. The van der Waals surface area contributed by atoms with E-state index in [2.05, 4.69) is 37.3 Å². The first kappa shape index (κ1) is 11.5. The number of ether oxygens (including phenoxy) is 1. The zero-order chi connectivity index (χ0) is 12.5. The largest absolute Gasteiger partial charge is 0.372 e. The highest BCUT2D eigenvalue weighted by Crippen LogP contribution is 2.27. The monoisotopic (exact) mass is 239 g/mol. The Hall–Kier alpha value is -1.64. The van der Waals surface area contributed by atoms with Crippen molar-refractivity contribution >= 4 is 0 Å². The summed E-state index contributed by atoms with van der Waals surface area (Å²) in [7, 11) is 0. The van der Waals surface area contributed by atoms with Gasteiger partial charge >= 0.3 is 0 Å². The molecule has 2 N–H and O–H groups in total. The molecule has 3 rings (SSSR count). The Kier molecular flexibility index (Phi) is 2.90. The van der Waals surface area contributed by atoms with E-state index in [1.165, 1.54) is 22.3 Å². The molecule has 0 radical (unpaired) electrons. The summed E-state index contributed by atoms with van der Waals surface area (Å²) in [6.07, 6.45) is 0. The van der Waals surface area contributed by atoms with Crippen molar-refractivity contribution in [1.29, 1.82) is 0 Å². The van der Waals surface area contributed by atoms with Crippen molar-refractivity contribution in [2.24, 2.45) is 5.73 Å². The van der Waals surface area contributed by atoms with Crippen molar-refractivity contribution in [3.05, 3.63) is 70.3 Å². The molecule has 18 heavy (non-hydrogen) atoms. The molecule has 0 aliphatic carbocycles. The van der Waals surface area contributed by atoms with E-state index in [-0.39, 0.29) is 6.04 Å². The van der Waals surface area contributed by atoms with E-state index < -0.39 is 0 Å². The highest BCUT2D eigenvalue weighted by atomic mass is 16.5. The van der Waals surface area contributed by atoms with Crippen LogP contribution in [0.5, 0.6) is 0 Å². The molecule has 1 aliphatic rings. The second-order valence-corrected chi connectivity index (χ2v) is 4.86. The molecule has 2 aromatic carbocycles. The maximum absolute atomic E-state index is 6.37. The van der Waals surface area contributed by atoms with E-state index in [9.17, 15) is 0 Å². The first-order valence-corrected chi connectivity index (χ1v) is 6.26. The maximum Gasteiger partial charge on any atom is 0.0725 e. The van der Waals surface area contributed by atoms with E-state index >= 15 is 0 Å². The fourth-order valence-corrected chi connectivity index (χ4v) is 2.50. The molecule has 0 saturated carbocycles. The Balaban J connectivity index is 1.98. The summed E-state index contributed by atoms with van der Waals surface area (Å²) in [5.41, 5.74) is 12.5. The van der Waals surface area contributed by atoms with Gasteiger partial charge in [0.2, 0.25) is 0 Å². The Bertz CT molecular complexity index is 577. The zero-order valence-corrected chi connectivity index (χ0v) is 10.5. The summed E-state index contributed by atoms with van der Waals surface area (Å²) in [5.74, 6) is 0. The summed E-state index contributed by atoms with van der Waals surface area (Å²) >= 11 is 0. The second-order valence-electron chi connectivity index (χ2n) is 4.86. The number of hydrogen-bond donors (Lipinski definition) is 1. The second kappa shape index (κ2) is 4.56. The van der Waals surface area contributed by atoms with Gasteiger partial charge in [-0.25, -0.2) is 0 Å². The molecule has 0 fully saturated rings. The van der Waals surface area contributed by atoms with Crippen molar-refractivity contribution < 1.29 is 4.74 Å². The van der Waals surface area contributed by atoms with Crippen LogP contribution in [0.15, 0.2) is 42.5 Å². The van der Waals surface area contributed by atoms with Gasteiger partial charge in [-0.05, 0) is 34.7 Å². The van der Waals surface area contributed by atoms with Crippen molar-refractivity contribution in [3.63, 3.8) is 0 Å². The highest BCUT2D eigenvalue weighted by Gasteiger charge is 2.15. The van der Waals surface area contributed by atoms with Gasteiger partial charge in [0.05, 0.1) is 19.3 Å². The van der Waals surface area contributed by atoms with Gasteiger partial charge in [-0.2, -0.15) is 0 Å². The van der Waals surface area contributed by atoms with E-state index in [0.717, 1.165) is 12.2 Å². The van der Waals surface area contributed by atoms with Gasteiger partial charge in [0.1, 0.15) is 0 Å². The minimum atomic E-state index is -0.0582. The van der Waals surface area contributed by atoms with Gasteiger partial charge in [-0.3, -0.25) is 0 Å². The SMILES string of the molecule is Cc1ccccc1C(N)c1ccc2c(c1)COC2. The lowest BCUT2D eigenvalue weighted by Crippen LogP contribution is -2.13. The predicted molar refractivity (Wildman–Crippen MR) is 72.1 cm³/mol. The topological polar surface area (TPSA) is 35.2 Å². The summed E-state index contributed by atoms with van der Waals surface area (Å²) in [6.45, 7) is 3.55. The predicted octanol–water partition coefficient (Wildman–Crippen LogP) is 3.07. The first-order valence-electron chi connectivity index (χ1n) is 6.26. The van der Waals surface area contributed by atoms with Crippen molar-refractivity contribution in [3.8, 4) is 0 Å². The quantitative estimate of drug-likeness (QED) is 0.874. The van der Waals surface area contributed by atoms with Crippen LogP contribution < -0.4 is 5.73 Å². The Labute approximate surface area is 107 Å². The molecule has 1 heterocycles. The van der Waals surface area contributed by atoms with E-state index in [1.54, 1.807) is 0 Å². The molecule has 1 aliphatic heterocycles. The van der Waals surface area contributed by atoms with Crippen LogP contribution in [0.4, 0.5) is 0 Å². The van der Waals surface area contributed by atoms with Gasteiger partial charge in [-0.1, -0.05) is 42.5 Å². The molecular formula is C16H17NO. The summed E-state index contributed by atoms with van der Waals surface area (Å²) in [6, 6.07) is 14.7. The number of rotatable bonds is 2. The number of hydrogen-bond acceptors (Lipinski definition) is 2. The van der Waals surface area contributed by atoms with Gasteiger partial charge < -0.3 is 10.5 Å². The summed E-state index contributed by atoms with van der Waals surface area (Å²) < 4.78 is 5.44. The van der Waals surface area contributed by atoms with Crippen LogP contribution in [0.2, 0.25) is 0 Å². The number of benzene rings is 2. The standard InChI is InChI=1S/C16H17NO/c1-11-4-2-3-5-15(11)16(17)12-6-7-13-9-18-10-14(13)8-12/h2-8,16H,9-10,17H2,1H3. The lowest BCUT2D eigenvalue weighted by atomic mass is 9.94. The van der Waals surface area contributed by atoms with Gasteiger partial charge in [-0.15, -0.1) is 0 Å². The summed E-state index contributed by atoms with van der Waals surface area (Å²) in [5, 5.41) is 0. The number of nitrogens with two attached hydrogens (primary N) is 1. The van der Waals surface area contributed by atoms with E-state index in [0.29, 0.717) is 6.61 Å². The third-order valence-electron chi connectivity index (χ3n) is 3.63. The van der Waals surface area contributed by atoms with Crippen LogP contribution in [-0.2, 0) is 18.0 Å². The van der Waals surface area contributed by atoms with Crippen LogP contribution in [-0.4, -0.2) is 0 Å². The highest BCUT2D eigenvalue weighted by molar-refractivity contribution is 5.40. The lowest BCUT2D eigenvalue weighted by molar-refractivity contribution is 0.134. The Morgan fingerprint density at radius 1 is 1.06 bits per heavy atom. The molecule has 2 nitrogen and oxygen atoms in total. The third kappa shape index (κ3) is 1.94. The smallest absolute Gasteiger partial charge is 0.0725 e. The molecule has 0 bridgehead atoms. The number of fused-ring (bicyclic) bond motifs is 1. The fraction of sp³-hybridized carbons (Fsp3) is 0.250. The molecule has 0 spiro atoms. The Morgan fingerprint density at radius 2 is 1.83 bits per heavy atom. The Morgan fingerprint density at radius 3 is 2.67 bits per heavy atom. The lowest BCUT2D eigenvalue weighted by Gasteiger charge is -2.16. The molecule has 92 valence electrons. The van der Waals surface area contributed by atoms with Gasteiger partial charge in [0.25, 0.3) is 0 Å². The van der Waals surface area contributed by atoms with Gasteiger partial charge in [0.15, 0.2) is 0 Å². The molecule has 2 aromatic rings. The minimum Gasteiger partial charge on any atom is -0.372 e. The molecule has 2 heteroatoms. The number of aryl methyl sites for hydroxylation is 1. The van der Waals surface area contributed by atoms with Crippen LogP contribution in [0, 0.1) is 6.92 Å². The molecule has 1 atom stereocenters. The van der Waals surface area contributed by atoms with Crippen molar-refractivity contribution in [2.45, 2.75) is 26.2 Å². The molecule has 0 saturated heterocycles. The normalized spacial score (nSPS) is 15.4. The molecule has 1 unspecified atom stereocenters. The minimum absolute atomic E-state index is 0.0582. The zero-order valence-electron chi connectivity index (χ0n) is 10.5. The molecular weight excluding hydrogens is 222 g/mol. The van der Waals surface area contributed by atoms with Crippen LogP contribution in [0.3, 0.4) is 0 Å². The van der Waals surface area contributed by atoms with Crippen molar-refractivity contribution in [1.82, 2.24) is 0 Å². The van der Waals surface area contributed by atoms with Gasteiger partial charge in [0, 0.05) is 0 Å². The van der Waals surface area contributed by atoms with Crippen LogP contribution in [0.25, 0.3) is 0 Å². The first-order chi connectivity index (χ1) is 8.75. The fourth-order valence-electron chi connectivity index (χ4n) is 2.50. The average Bonchev–Trinajstić information content (AvgIpc) is 2.85. The van der Waals surface area contributed by atoms with Crippen LogP contribution >= 0.6 is 0 Å². The molecule has 0 aromatic heterocycles. The summed E-state index contributed by atoms with van der Waals surface area (Å²) in [4.78, 5) is 0. The van der Waals surface area contributed by atoms with E-state index in [1.807, 2.05) is 12.1 Å². The average molecular weight is 239 g/mol. The maximum atomic E-state index is 6.37. The van der Waals surface area contributed by atoms with Crippen molar-refractivity contribution in [2.75, 3.05) is 0 Å². The van der Waals surface area contributed by atoms with E-state index in [4.69, 9.17) is 10.5 Å². The van der Waals surface area contributed by atoms with Crippen LogP contribution in [0.1, 0.15) is 33.9 Å².